The van der Waals surface area contributed by atoms with E-state index in [-0.39, 0.29) is 0 Å². The number of thiol groups is 1. The molecule has 0 atom stereocenters. The molecule has 74 valence electrons. The van der Waals surface area contributed by atoms with Crippen LogP contribution in [-0.4, -0.2) is 5.75 Å². The van der Waals surface area contributed by atoms with E-state index in [0.717, 1.165) is 5.75 Å². The Hall–Kier alpha value is 0.350. The Bertz CT molecular complexity index is 119. The first kappa shape index (κ1) is 12.3. The maximum atomic E-state index is 4.28. The second kappa shape index (κ2) is 4.55. The van der Waals surface area contributed by atoms with Gasteiger partial charge in [-0.05, 0) is 35.8 Å². The van der Waals surface area contributed by atoms with Crippen molar-refractivity contribution in [2.24, 2.45) is 10.8 Å². The van der Waals surface area contributed by atoms with Crippen LogP contribution in [0.5, 0.6) is 0 Å². The van der Waals surface area contributed by atoms with Gasteiger partial charge in [0.25, 0.3) is 0 Å². The van der Waals surface area contributed by atoms with Crippen molar-refractivity contribution in [1.82, 2.24) is 0 Å². The minimum atomic E-state index is 0.480. The third-order valence-corrected chi connectivity index (χ3v) is 2.56. The molecule has 0 amide bonds. The van der Waals surface area contributed by atoms with Crippen LogP contribution in [0.1, 0.15) is 53.9 Å². The van der Waals surface area contributed by atoms with E-state index in [0.29, 0.717) is 10.8 Å². The molecule has 0 fully saturated rings. The van der Waals surface area contributed by atoms with Crippen molar-refractivity contribution in [3.63, 3.8) is 0 Å². The minimum Gasteiger partial charge on any atom is -0.179 e. The summed E-state index contributed by atoms with van der Waals surface area (Å²) < 4.78 is 0. The molecule has 0 aromatic carbocycles. The topological polar surface area (TPSA) is 0 Å². The summed E-state index contributed by atoms with van der Waals surface area (Å²) in [6.07, 6.45) is 3.86. The number of hydrogen-bond acceptors (Lipinski definition) is 1. The van der Waals surface area contributed by atoms with Gasteiger partial charge in [0.05, 0.1) is 0 Å². The van der Waals surface area contributed by atoms with Crippen LogP contribution < -0.4 is 0 Å². The first-order chi connectivity index (χ1) is 5.27. The molecule has 0 nitrogen and oxygen atoms in total. The predicted octanol–water partition coefficient (Wildman–Crippen LogP) is 4.16. The van der Waals surface area contributed by atoms with E-state index >= 15 is 0 Å². The van der Waals surface area contributed by atoms with Crippen molar-refractivity contribution in [1.29, 1.82) is 0 Å². The lowest BCUT2D eigenvalue weighted by atomic mass is 9.79. The normalized spacial score (nSPS) is 13.5. The summed E-state index contributed by atoms with van der Waals surface area (Å²) in [7, 11) is 0. The van der Waals surface area contributed by atoms with Crippen LogP contribution >= 0.6 is 12.6 Å². The first-order valence-electron chi connectivity index (χ1n) is 4.88. The Morgan fingerprint density at radius 3 is 1.67 bits per heavy atom. The average molecular weight is 188 g/mol. The van der Waals surface area contributed by atoms with Crippen molar-refractivity contribution in [2.45, 2.75) is 53.9 Å². The van der Waals surface area contributed by atoms with Crippen molar-refractivity contribution in [2.75, 3.05) is 5.75 Å². The van der Waals surface area contributed by atoms with Gasteiger partial charge in [0.15, 0.2) is 0 Å². The van der Waals surface area contributed by atoms with Crippen LogP contribution in [-0.2, 0) is 0 Å². The molecular formula is C11H24S. The molecule has 0 unspecified atom stereocenters. The van der Waals surface area contributed by atoms with Crippen LogP contribution in [0, 0.1) is 10.8 Å². The quantitative estimate of drug-likeness (QED) is 0.629. The van der Waals surface area contributed by atoms with E-state index in [2.05, 4.69) is 47.2 Å². The lowest BCUT2D eigenvalue weighted by molar-refractivity contribution is 0.250. The van der Waals surface area contributed by atoms with E-state index in [9.17, 15) is 0 Å². The standard InChI is InChI=1S/C11H24S/c1-10(2,3)6-7-11(4,5)8-9-12/h12H,6-9H2,1-5H3. The zero-order valence-electron chi connectivity index (χ0n) is 9.28. The highest BCUT2D eigenvalue weighted by Gasteiger charge is 2.20. The maximum absolute atomic E-state index is 4.28. The zero-order valence-corrected chi connectivity index (χ0v) is 10.2. The van der Waals surface area contributed by atoms with Gasteiger partial charge in [-0.2, -0.15) is 12.6 Å². The van der Waals surface area contributed by atoms with Crippen molar-refractivity contribution in [3.8, 4) is 0 Å². The molecule has 0 heterocycles. The predicted molar refractivity (Wildman–Crippen MR) is 60.9 cm³/mol. The summed E-state index contributed by atoms with van der Waals surface area (Å²) in [4.78, 5) is 0. The fourth-order valence-corrected chi connectivity index (χ4v) is 1.75. The Labute approximate surface area is 83.5 Å². The van der Waals surface area contributed by atoms with Gasteiger partial charge in [0.2, 0.25) is 0 Å². The fourth-order valence-electron chi connectivity index (χ4n) is 1.14. The zero-order chi connectivity index (χ0) is 9.83. The highest BCUT2D eigenvalue weighted by molar-refractivity contribution is 7.80. The second-order valence-electron chi connectivity index (χ2n) is 5.70. The summed E-state index contributed by atoms with van der Waals surface area (Å²) in [5.41, 5.74) is 0.961. The van der Waals surface area contributed by atoms with Crippen LogP contribution in [0.15, 0.2) is 0 Å². The third-order valence-electron chi connectivity index (χ3n) is 2.34. The minimum absolute atomic E-state index is 0.480. The largest absolute Gasteiger partial charge is 0.179 e. The summed E-state index contributed by atoms with van der Waals surface area (Å²) in [6.45, 7) is 11.6. The summed E-state index contributed by atoms with van der Waals surface area (Å²) in [5, 5.41) is 0. The lowest BCUT2D eigenvalue weighted by Gasteiger charge is -2.28. The molecule has 0 saturated carbocycles. The molecule has 0 saturated heterocycles. The smallest absolute Gasteiger partial charge is 0.00928 e. The molecule has 0 aliphatic heterocycles. The molecule has 0 radical (unpaired) electrons. The Kier molecular flexibility index (Phi) is 4.68. The van der Waals surface area contributed by atoms with Gasteiger partial charge in [0.1, 0.15) is 0 Å². The average Bonchev–Trinajstić information content (AvgIpc) is 1.83. The van der Waals surface area contributed by atoms with E-state index < -0.39 is 0 Å². The maximum Gasteiger partial charge on any atom is -0.00928 e. The molecule has 0 aliphatic carbocycles. The van der Waals surface area contributed by atoms with Crippen LogP contribution in [0.25, 0.3) is 0 Å². The molecular weight excluding hydrogens is 164 g/mol. The number of rotatable bonds is 4. The van der Waals surface area contributed by atoms with Crippen molar-refractivity contribution in [3.05, 3.63) is 0 Å². The van der Waals surface area contributed by atoms with Gasteiger partial charge in [-0.1, -0.05) is 34.6 Å². The molecule has 1 heteroatoms. The van der Waals surface area contributed by atoms with E-state index in [1.807, 2.05) is 0 Å². The van der Waals surface area contributed by atoms with Crippen molar-refractivity contribution >= 4 is 12.6 Å². The van der Waals surface area contributed by atoms with E-state index in [1.54, 1.807) is 0 Å². The van der Waals surface area contributed by atoms with Crippen LogP contribution in [0.3, 0.4) is 0 Å². The molecule has 0 spiro atoms. The molecule has 0 aliphatic rings. The molecule has 0 aromatic heterocycles. The summed E-state index contributed by atoms with van der Waals surface area (Å²) >= 11 is 4.28. The molecule has 0 bridgehead atoms. The van der Waals surface area contributed by atoms with Gasteiger partial charge in [-0.25, -0.2) is 0 Å². The molecule has 0 N–H and O–H groups in total. The highest BCUT2D eigenvalue weighted by Crippen LogP contribution is 2.32. The van der Waals surface area contributed by atoms with E-state index in [1.165, 1.54) is 19.3 Å². The van der Waals surface area contributed by atoms with Gasteiger partial charge >= 0.3 is 0 Å². The highest BCUT2D eigenvalue weighted by atomic mass is 32.1. The lowest BCUT2D eigenvalue weighted by Crippen LogP contribution is -2.16. The Morgan fingerprint density at radius 1 is 0.833 bits per heavy atom. The monoisotopic (exact) mass is 188 g/mol. The summed E-state index contributed by atoms with van der Waals surface area (Å²) in [5.74, 6) is 1.01. The van der Waals surface area contributed by atoms with Gasteiger partial charge < -0.3 is 0 Å². The first-order valence-corrected chi connectivity index (χ1v) is 5.51. The Morgan fingerprint density at radius 2 is 1.33 bits per heavy atom. The van der Waals surface area contributed by atoms with E-state index in [4.69, 9.17) is 0 Å². The van der Waals surface area contributed by atoms with Crippen LogP contribution in [0.4, 0.5) is 0 Å². The van der Waals surface area contributed by atoms with Crippen molar-refractivity contribution < 1.29 is 0 Å². The number of hydrogen-bond donors (Lipinski definition) is 1. The van der Waals surface area contributed by atoms with Gasteiger partial charge in [0, 0.05) is 0 Å². The molecule has 12 heavy (non-hydrogen) atoms. The Balaban J connectivity index is 3.75. The SMILES string of the molecule is CC(C)(C)CCC(C)(C)CCS. The molecule has 0 rings (SSSR count). The summed E-state index contributed by atoms with van der Waals surface area (Å²) in [6, 6.07) is 0. The van der Waals surface area contributed by atoms with Crippen LogP contribution in [0.2, 0.25) is 0 Å². The third kappa shape index (κ3) is 7.02. The second-order valence-corrected chi connectivity index (χ2v) is 6.15. The molecule has 0 aromatic rings. The van der Waals surface area contributed by atoms with Gasteiger partial charge in [-0.3, -0.25) is 0 Å². The van der Waals surface area contributed by atoms with Gasteiger partial charge in [-0.15, -0.1) is 0 Å². The fraction of sp³-hybridized carbons (Fsp3) is 1.00.